The highest BCUT2D eigenvalue weighted by Crippen LogP contribution is 2.40. The van der Waals surface area contributed by atoms with Gasteiger partial charge in [0.1, 0.15) is 12.7 Å². The highest BCUT2D eigenvalue weighted by molar-refractivity contribution is 6.30. The minimum Gasteiger partial charge on any atom is -0.387 e. The summed E-state index contributed by atoms with van der Waals surface area (Å²) in [5, 5.41) is 16.0. The van der Waals surface area contributed by atoms with Crippen LogP contribution < -0.4 is 0 Å². The highest BCUT2D eigenvalue weighted by atomic mass is 35.5. The predicted octanol–water partition coefficient (Wildman–Crippen LogP) is 3.51. The van der Waals surface area contributed by atoms with Gasteiger partial charge in [-0.05, 0) is 36.5 Å². The number of benzene rings is 1. The van der Waals surface area contributed by atoms with Crippen LogP contribution in [0.2, 0.25) is 5.02 Å². The van der Waals surface area contributed by atoms with E-state index in [1.54, 1.807) is 11.0 Å². The standard InChI is InChI=1S/C16H22ClN3O/c1-15(2,3)16(4,21)14(20-11-18-10-19-20)9-12-5-7-13(17)8-6-12/h5-8,10-11,14,21H,9H2,1-4H3. The van der Waals surface area contributed by atoms with Gasteiger partial charge in [0.2, 0.25) is 0 Å². The fourth-order valence-electron chi connectivity index (χ4n) is 2.27. The summed E-state index contributed by atoms with van der Waals surface area (Å²) in [6.07, 6.45) is 3.80. The summed E-state index contributed by atoms with van der Waals surface area (Å²) in [6.45, 7) is 7.94. The number of aromatic nitrogens is 3. The van der Waals surface area contributed by atoms with Gasteiger partial charge >= 0.3 is 0 Å². The molecule has 1 aromatic carbocycles. The quantitative estimate of drug-likeness (QED) is 0.940. The molecule has 2 rings (SSSR count). The lowest BCUT2D eigenvalue weighted by Gasteiger charge is -2.43. The maximum absolute atomic E-state index is 11.1. The lowest BCUT2D eigenvalue weighted by molar-refractivity contribution is -0.0864. The van der Waals surface area contributed by atoms with Crippen molar-refractivity contribution >= 4 is 11.6 Å². The lowest BCUT2D eigenvalue weighted by atomic mass is 9.71. The monoisotopic (exact) mass is 307 g/mol. The third-order valence-corrected chi connectivity index (χ3v) is 4.52. The zero-order valence-corrected chi connectivity index (χ0v) is 13.7. The van der Waals surface area contributed by atoms with Crippen molar-refractivity contribution in [2.75, 3.05) is 0 Å². The molecule has 5 heteroatoms. The summed E-state index contributed by atoms with van der Waals surface area (Å²) >= 11 is 5.93. The zero-order chi connectivity index (χ0) is 15.7. The summed E-state index contributed by atoms with van der Waals surface area (Å²) in [7, 11) is 0. The van der Waals surface area contributed by atoms with Gasteiger partial charge in [0, 0.05) is 5.02 Å². The lowest BCUT2D eigenvalue weighted by Crippen LogP contribution is -2.48. The molecule has 0 aliphatic heterocycles. The Kier molecular flexibility index (Phi) is 4.40. The molecule has 1 heterocycles. The van der Waals surface area contributed by atoms with Crippen LogP contribution in [0.15, 0.2) is 36.9 Å². The van der Waals surface area contributed by atoms with Crippen molar-refractivity contribution in [2.45, 2.75) is 45.8 Å². The molecule has 21 heavy (non-hydrogen) atoms. The number of rotatable bonds is 4. The Bertz CT molecular complexity index is 571. The van der Waals surface area contributed by atoms with Crippen LogP contribution in [0.3, 0.4) is 0 Å². The Morgan fingerprint density at radius 1 is 1.19 bits per heavy atom. The minimum atomic E-state index is -0.944. The molecule has 0 bridgehead atoms. The van der Waals surface area contributed by atoms with E-state index >= 15 is 0 Å². The van der Waals surface area contributed by atoms with E-state index in [-0.39, 0.29) is 11.5 Å². The molecule has 2 unspecified atom stereocenters. The molecule has 2 aromatic rings. The molecule has 0 aliphatic rings. The average molecular weight is 308 g/mol. The molecule has 0 aliphatic carbocycles. The first-order valence-corrected chi connectivity index (χ1v) is 7.40. The number of hydrogen-bond acceptors (Lipinski definition) is 3. The van der Waals surface area contributed by atoms with E-state index < -0.39 is 5.60 Å². The number of hydrogen-bond donors (Lipinski definition) is 1. The Morgan fingerprint density at radius 2 is 1.81 bits per heavy atom. The first kappa shape index (κ1) is 16.0. The molecule has 0 radical (unpaired) electrons. The zero-order valence-electron chi connectivity index (χ0n) is 12.9. The third-order valence-electron chi connectivity index (χ3n) is 4.27. The highest BCUT2D eigenvalue weighted by Gasteiger charge is 2.43. The van der Waals surface area contributed by atoms with Crippen molar-refractivity contribution in [1.29, 1.82) is 0 Å². The second-order valence-corrected chi connectivity index (χ2v) is 7.06. The first-order valence-electron chi connectivity index (χ1n) is 7.03. The van der Waals surface area contributed by atoms with Crippen LogP contribution >= 0.6 is 11.6 Å². The molecule has 114 valence electrons. The molecule has 0 fully saturated rings. The average Bonchev–Trinajstić information content (AvgIpc) is 2.90. The molecule has 0 saturated heterocycles. The Labute approximate surface area is 130 Å². The van der Waals surface area contributed by atoms with Gasteiger partial charge in [0.25, 0.3) is 0 Å². The van der Waals surface area contributed by atoms with E-state index in [9.17, 15) is 5.11 Å². The van der Waals surface area contributed by atoms with Crippen LogP contribution in [-0.4, -0.2) is 25.5 Å². The van der Waals surface area contributed by atoms with Gasteiger partial charge in [-0.15, -0.1) is 0 Å². The van der Waals surface area contributed by atoms with E-state index in [0.717, 1.165) is 5.56 Å². The van der Waals surface area contributed by atoms with Crippen LogP contribution in [0.25, 0.3) is 0 Å². The van der Waals surface area contributed by atoms with Gasteiger partial charge in [-0.25, -0.2) is 9.67 Å². The molecular weight excluding hydrogens is 286 g/mol. The van der Waals surface area contributed by atoms with Crippen LogP contribution in [0.1, 0.15) is 39.3 Å². The third kappa shape index (κ3) is 3.44. The topological polar surface area (TPSA) is 50.9 Å². The molecule has 4 nitrogen and oxygen atoms in total. The van der Waals surface area contributed by atoms with Gasteiger partial charge in [0.15, 0.2) is 0 Å². The maximum Gasteiger partial charge on any atom is 0.137 e. The molecule has 0 saturated carbocycles. The van der Waals surface area contributed by atoms with Crippen molar-refractivity contribution in [1.82, 2.24) is 14.8 Å². The van der Waals surface area contributed by atoms with Gasteiger partial charge in [-0.1, -0.05) is 44.5 Å². The molecule has 1 N–H and O–H groups in total. The van der Waals surface area contributed by atoms with E-state index in [1.807, 2.05) is 52.0 Å². The van der Waals surface area contributed by atoms with Gasteiger partial charge in [-0.2, -0.15) is 5.10 Å². The van der Waals surface area contributed by atoms with E-state index in [2.05, 4.69) is 10.1 Å². The second kappa shape index (κ2) is 5.78. The van der Waals surface area contributed by atoms with Gasteiger partial charge < -0.3 is 5.11 Å². The fraction of sp³-hybridized carbons (Fsp3) is 0.500. The van der Waals surface area contributed by atoms with Crippen molar-refractivity contribution < 1.29 is 5.11 Å². The Hall–Kier alpha value is -1.39. The summed E-state index contributed by atoms with van der Waals surface area (Å²) in [5.41, 5.74) is -0.138. The number of aliphatic hydroxyl groups is 1. The maximum atomic E-state index is 11.1. The van der Waals surface area contributed by atoms with Crippen molar-refractivity contribution in [2.24, 2.45) is 5.41 Å². The molecule has 1 aromatic heterocycles. The summed E-state index contributed by atoms with van der Waals surface area (Å²) in [6, 6.07) is 7.47. The van der Waals surface area contributed by atoms with E-state index in [4.69, 9.17) is 11.6 Å². The SMILES string of the molecule is CC(C)(C)C(C)(O)C(Cc1ccc(Cl)cc1)n1cncn1. The Morgan fingerprint density at radius 3 is 2.29 bits per heavy atom. The smallest absolute Gasteiger partial charge is 0.137 e. The molecule has 0 spiro atoms. The van der Waals surface area contributed by atoms with Gasteiger partial charge in [0.05, 0.1) is 11.6 Å². The van der Waals surface area contributed by atoms with Crippen LogP contribution in [0, 0.1) is 5.41 Å². The normalized spacial score (nSPS) is 16.5. The summed E-state index contributed by atoms with van der Waals surface area (Å²) in [4.78, 5) is 4.01. The first-order chi connectivity index (χ1) is 9.72. The fourth-order valence-corrected chi connectivity index (χ4v) is 2.40. The summed E-state index contributed by atoms with van der Waals surface area (Å²) in [5.74, 6) is 0. The Balaban J connectivity index is 2.36. The van der Waals surface area contributed by atoms with Crippen LogP contribution in [0.4, 0.5) is 0 Å². The molecule has 0 amide bonds. The predicted molar refractivity (Wildman–Crippen MR) is 84.3 cm³/mol. The van der Waals surface area contributed by atoms with E-state index in [0.29, 0.717) is 11.4 Å². The summed E-state index contributed by atoms with van der Waals surface area (Å²) < 4.78 is 1.74. The number of halogens is 1. The van der Waals surface area contributed by atoms with Crippen LogP contribution in [0.5, 0.6) is 0 Å². The molecule has 2 atom stereocenters. The van der Waals surface area contributed by atoms with E-state index in [1.165, 1.54) is 6.33 Å². The largest absolute Gasteiger partial charge is 0.387 e. The minimum absolute atomic E-state index is 0.207. The van der Waals surface area contributed by atoms with Crippen LogP contribution in [-0.2, 0) is 6.42 Å². The van der Waals surface area contributed by atoms with Crippen molar-refractivity contribution in [3.8, 4) is 0 Å². The van der Waals surface area contributed by atoms with Gasteiger partial charge in [-0.3, -0.25) is 0 Å². The second-order valence-electron chi connectivity index (χ2n) is 6.62. The van der Waals surface area contributed by atoms with Crippen molar-refractivity contribution in [3.63, 3.8) is 0 Å². The molecular formula is C16H22ClN3O. The number of nitrogens with zero attached hydrogens (tertiary/aromatic N) is 3. The van der Waals surface area contributed by atoms with Crippen molar-refractivity contribution in [3.05, 3.63) is 47.5 Å².